The van der Waals surface area contributed by atoms with E-state index in [1.165, 1.54) is 29.5 Å². The van der Waals surface area contributed by atoms with Crippen LogP contribution in [-0.4, -0.2) is 11.5 Å². The molecule has 0 unspecified atom stereocenters. The molecule has 0 aliphatic heterocycles. The van der Waals surface area contributed by atoms with Gasteiger partial charge < -0.3 is 5.32 Å². The van der Waals surface area contributed by atoms with Crippen molar-refractivity contribution in [3.8, 4) is 6.07 Å². The molecule has 1 aromatic heterocycles. The van der Waals surface area contributed by atoms with Crippen LogP contribution in [0.5, 0.6) is 0 Å². The molecule has 5 nitrogen and oxygen atoms in total. The summed E-state index contributed by atoms with van der Waals surface area (Å²) in [4.78, 5) is 11.6. The molecule has 2 aromatic rings. The van der Waals surface area contributed by atoms with Gasteiger partial charge in [-0.1, -0.05) is 11.6 Å². The van der Waals surface area contributed by atoms with Crippen LogP contribution in [0.15, 0.2) is 30.3 Å². The number of nitriles is 1. The molecule has 0 radical (unpaired) electrons. The van der Waals surface area contributed by atoms with Crippen molar-refractivity contribution in [2.24, 2.45) is 0 Å². The zero-order chi connectivity index (χ0) is 14.5. The van der Waals surface area contributed by atoms with E-state index in [0.717, 1.165) is 9.21 Å². The van der Waals surface area contributed by atoms with Gasteiger partial charge in [0.05, 0.1) is 20.9 Å². The second kappa shape index (κ2) is 6.37. The summed E-state index contributed by atoms with van der Waals surface area (Å²) >= 11 is 7.32. The molecule has 7 heteroatoms. The van der Waals surface area contributed by atoms with Crippen LogP contribution in [0.2, 0.25) is 4.34 Å². The second-order valence-electron chi connectivity index (χ2n) is 3.98. The third-order valence-electron chi connectivity index (χ3n) is 2.64. The molecule has 0 bridgehead atoms. The minimum atomic E-state index is -0.467. The van der Waals surface area contributed by atoms with Crippen LogP contribution in [0.25, 0.3) is 0 Å². The zero-order valence-corrected chi connectivity index (χ0v) is 11.9. The Bertz CT molecular complexity index is 678. The first-order chi connectivity index (χ1) is 9.60. The number of anilines is 1. The molecule has 0 saturated carbocycles. The van der Waals surface area contributed by atoms with E-state index >= 15 is 0 Å². The summed E-state index contributed by atoms with van der Waals surface area (Å²) in [5, 5.41) is 22.8. The first kappa shape index (κ1) is 14.3. The fourth-order valence-electron chi connectivity index (χ4n) is 1.71. The van der Waals surface area contributed by atoms with Crippen molar-refractivity contribution in [1.29, 1.82) is 5.26 Å². The molecule has 1 aromatic carbocycles. The Morgan fingerprint density at radius 1 is 1.40 bits per heavy atom. The Labute approximate surface area is 124 Å². The minimum absolute atomic E-state index is 0.0341. The molecule has 1 N–H and O–H groups in total. The largest absolute Gasteiger partial charge is 0.379 e. The minimum Gasteiger partial charge on any atom is -0.379 e. The topological polar surface area (TPSA) is 79.0 Å². The van der Waals surface area contributed by atoms with Crippen LogP contribution in [-0.2, 0) is 6.42 Å². The summed E-state index contributed by atoms with van der Waals surface area (Å²) in [6.07, 6.45) is 0.714. The van der Waals surface area contributed by atoms with Gasteiger partial charge >= 0.3 is 0 Å². The monoisotopic (exact) mass is 307 g/mol. The standard InChI is InChI=1S/C13H10ClN3O2S/c14-13-4-2-10(20-13)5-6-16-11-7-9(8-15)1-3-12(11)17(18)19/h1-4,7,16H,5-6H2. The quantitative estimate of drug-likeness (QED) is 0.672. The molecule has 20 heavy (non-hydrogen) atoms. The molecule has 0 atom stereocenters. The van der Waals surface area contributed by atoms with Crippen LogP contribution in [0.1, 0.15) is 10.4 Å². The maximum Gasteiger partial charge on any atom is 0.292 e. The lowest BCUT2D eigenvalue weighted by Gasteiger charge is -2.06. The molecule has 102 valence electrons. The Morgan fingerprint density at radius 2 is 2.20 bits per heavy atom. The van der Waals surface area contributed by atoms with E-state index < -0.39 is 4.92 Å². The Morgan fingerprint density at radius 3 is 2.80 bits per heavy atom. The molecule has 0 spiro atoms. The number of benzene rings is 1. The highest BCUT2D eigenvalue weighted by atomic mass is 35.5. The summed E-state index contributed by atoms with van der Waals surface area (Å²) in [7, 11) is 0. The molecule has 0 amide bonds. The summed E-state index contributed by atoms with van der Waals surface area (Å²) in [5.74, 6) is 0. The highest BCUT2D eigenvalue weighted by Crippen LogP contribution is 2.26. The van der Waals surface area contributed by atoms with Gasteiger partial charge in [0.1, 0.15) is 5.69 Å². The normalized spacial score (nSPS) is 10.0. The lowest BCUT2D eigenvalue weighted by molar-refractivity contribution is -0.384. The fourth-order valence-corrected chi connectivity index (χ4v) is 2.80. The highest BCUT2D eigenvalue weighted by molar-refractivity contribution is 7.16. The number of thiophene rings is 1. The van der Waals surface area contributed by atoms with Gasteiger partial charge in [0.2, 0.25) is 0 Å². The van der Waals surface area contributed by atoms with Gasteiger partial charge in [-0.3, -0.25) is 10.1 Å². The third kappa shape index (κ3) is 3.47. The van der Waals surface area contributed by atoms with Crippen molar-refractivity contribution >= 4 is 34.3 Å². The highest BCUT2D eigenvalue weighted by Gasteiger charge is 2.13. The van der Waals surface area contributed by atoms with E-state index in [1.54, 1.807) is 0 Å². The number of rotatable bonds is 5. The van der Waals surface area contributed by atoms with Crippen LogP contribution in [0.3, 0.4) is 0 Å². The summed E-state index contributed by atoms with van der Waals surface area (Å²) in [6, 6.07) is 9.97. The number of halogens is 1. The van der Waals surface area contributed by atoms with Crippen molar-refractivity contribution in [2.45, 2.75) is 6.42 Å². The smallest absolute Gasteiger partial charge is 0.292 e. The second-order valence-corrected chi connectivity index (χ2v) is 5.78. The number of nitro groups is 1. The van der Waals surface area contributed by atoms with Gasteiger partial charge in [0.15, 0.2) is 0 Å². The number of nitro benzene ring substituents is 1. The fraction of sp³-hybridized carbons (Fsp3) is 0.154. The van der Waals surface area contributed by atoms with Crippen LogP contribution >= 0.6 is 22.9 Å². The number of hydrogen-bond acceptors (Lipinski definition) is 5. The van der Waals surface area contributed by atoms with E-state index in [2.05, 4.69) is 5.32 Å². The Hall–Kier alpha value is -2.10. The molecule has 0 saturated heterocycles. The molecule has 2 rings (SSSR count). The lowest BCUT2D eigenvalue weighted by atomic mass is 10.2. The van der Waals surface area contributed by atoms with E-state index in [1.807, 2.05) is 18.2 Å². The lowest BCUT2D eigenvalue weighted by Crippen LogP contribution is -2.06. The van der Waals surface area contributed by atoms with Gasteiger partial charge in [-0.2, -0.15) is 5.26 Å². The first-order valence-electron chi connectivity index (χ1n) is 5.77. The van der Waals surface area contributed by atoms with E-state index in [9.17, 15) is 10.1 Å². The van der Waals surface area contributed by atoms with Crippen molar-refractivity contribution in [2.75, 3.05) is 11.9 Å². The van der Waals surface area contributed by atoms with Crippen LogP contribution < -0.4 is 5.32 Å². The number of hydrogen-bond donors (Lipinski definition) is 1. The Kier molecular flexibility index (Phi) is 4.56. The van der Waals surface area contributed by atoms with E-state index in [-0.39, 0.29) is 5.69 Å². The van der Waals surface area contributed by atoms with Gasteiger partial charge in [-0.15, -0.1) is 11.3 Å². The van der Waals surface area contributed by atoms with Crippen molar-refractivity contribution in [3.05, 3.63) is 55.2 Å². The van der Waals surface area contributed by atoms with Crippen molar-refractivity contribution in [1.82, 2.24) is 0 Å². The average molecular weight is 308 g/mol. The van der Waals surface area contributed by atoms with Crippen molar-refractivity contribution in [3.63, 3.8) is 0 Å². The first-order valence-corrected chi connectivity index (χ1v) is 6.96. The molecule has 0 aliphatic rings. The SMILES string of the molecule is N#Cc1ccc([N+](=O)[O-])c(NCCc2ccc(Cl)s2)c1. The third-order valence-corrected chi connectivity index (χ3v) is 3.93. The molecule has 0 aliphatic carbocycles. The van der Waals surface area contributed by atoms with E-state index in [0.29, 0.717) is 24.2 Å². The van der Waals surface area contributed by atoms with Gasteiger partial charge in [0.25, 0.3) is 5.69 Å². The van der Waals surface area contributed by atoms with E-state index in [4.69, 9.17) is 16.9 Å². The summed E-state index contributed by atoms with van der Waals surface area (Å²) in [5.41, 5.74) is 0.710. The average Bonchev–Trinajstić information content (AvgIpc) is 2.84. The maximum absolute atomic E-state index is 10.9. The maximum atomic E-state index is 10.9. The molecular weight excluding hydrogens is 298 g/mol. The molecular formula is C13H10ClN3O2S. The molecule has 1 heterocycles. The Balaban J connectivity index is 2.07. The van der Waals surface area contributed by atoms with Gasteiger partial charge in [0, 0.05) is 17.5 Å². The van der Waals surface area contributed by atoms with Crippen LogP contribution in [0.4, 0.5) is 11.4 Å². The van der Waals surface area contributed by atoms with Crippen molar-refractivity contribution < 1.29 is 4.92 Å². The molecule has 0 fully saturated rings. The zero-order valence-electron chi connectivity index (χ0n) is 10.3. The number of nitrogens with zero attached hydrogens (tertiary/aromatic N) is 2. The summed E-state index contributed by atoms with van der Waals surface area (Å²) < 4.78 is 0.720. The van der Waals surface area contributed by atoms with Crippen LogP contribution in [0, 0.1) is 21.4 Å². The number of nitrogens with one attached hydrogen (secondary N) is 1. The summed E-state index contributed by atoms with van der Waals surface area (Å²) in [6.45, 7) is 0.534. The predicted octanol–water partition coefficient (Wildman–Crippen LogP) is 3.84. The predicted molar refractivity (Wildman–Crippen MR) is 79.3 cm³/mol. The van der Waals surface area contributed by atoms with Gasteiger partial charge in [-0.05, 0) is 30.7 Å². The van der Waals surface area contributed by atoms with Gasteiger partial charge in [-0.25, -0.2) is 0 Å².